The zero-order chi connectivity index (χ0) is 11.3. The lowest BCUT2D eigenvalue weighted by Crippen LogP contribution is -2.04. The van der Waals surface area contributed by atoms with E-state index in [0.29, 0.717) is 0 Å². The number of hydrogen-bond donors (Lipinski definition) is 0. The highest BCUT2D eigenvalue weighted by molar-refractivity contribution is 6.67. The van der Waals surface area contributed by atoms with E-state index >= 15 is 0 Å². The zero-order valence-electron chi connectivity index (χ0n) is 8.07. The Morgan fingerprint density at radius 3 is 2.33 bits per heavy atom. The number of carbonyl (C=O) groups excluding carboxylic acids is 2. The van der Waals surface area contributed by atoms with Gasteiger partial charge < -0.3 is 4.74 Å². The summed E-state index contributed by atoms with van der Waals surface area (Å²) < 4.78 is 4.66. The Morgan fingerprint density at radius 2 is 1.87 bits per heavy atom. The molecule has 1 aromatic rings. The van der Waals surface area contributed by atoms with Crippen molar-refractivity contribution in [3.05, 3.63) is 41.7 Å². The van der Waals surface area contributed by atoms with Crippen LogP contribution < -0.4 is 0 Å². The second-order valence-electron chi connectivity index (χ2n) is 2.79. The van der Waals surface area contributed by atoms with Crippen LogP contribution in [0.1, 0.15) is 12.5 Å². The summed E-state index contributed by atoms with van der Waals surface area (Å²) in [7, 11) is 0. The number of halogens is 1. The molecule has 0 spiro atoms. The molecule has 4 heteroatoms. The van der Waals surface area contributed by atoms with Crippen molar-refractivity contribution < 1.29 is 14.3 Å². The van der Waals surface area contributed by atoms with Crippen LogP contribution in [-0.4, -0.2) is 11.2 Å². The monoisotopic (exact) mass is 224 g/mol. The lowest BCUT2D eigenvalue weighted by atomic mass is 10.2. The molecule has 0 aliphatic heterocycles. The van der Waals surface area contributed by atoms with Crippen molar-refractivity contribution >= 4 is 28.9 Å². The van der Waals surface area contributed by atoms with Crippen LogP contribution in [0.4, 0.5) is 0 Å². The lowest BCUT2D eigenvalue weighted by molar-refractivity contribution is -0.138. The zero-order valence-corrected chi connectivity index (χ0v) is 8.82. The summed E-state index contributed by atoms with van der Waals surface area (Å²) >= 11 is 5.25. The van der Waals surface area contributed by atoms with E-state index in [1.807, 2.05) is 6.07 Å². The molecule has 0 saturated carbocycles. The average Bonchev–Trinajstić information content (AvgIpc) is 2.17. The molecule has 3 nitrogen and oxygen atoms in total. The highest BCUT2D eigenvalue weighted by Gasteiger charge is 2.10. The Balaban J connectivity index is 2.94. The van der Waals surface area contributed by atoms with Crippen molar-refractivity contribution in [2.75, 3.05) is 0 Å². The number of ether oxygens (including phenoxy) is 1. The standard InChI is InChI=1S/C11H9ClO3/c1-8(13)15-10(11(12)14)7-9-5-3-2-4-6-9/h2-7H,1H3/b10-7+. The number of allylic oxidation sites excluding steroid dienone is 1. The molecule has 0 bridgehead atoms. The van der Waals surface area contributed by atoms with Gasteiger partial charge in [0.25, 0.3) is 5.24 Å². The molecule has 1 rings (SSSR count). The van der Waals surface area contributed by atoms with E-state index < -0.39 is 11.2 Å². The van der Waals surface area contributed by atoms with Crippen LogP contribution in [0.15, 0.2) is 36.1 Å². The summed E-state index contributed by atoms with van der Waals surface area (Å²) in [6, 6.07) is 8.98. The van der Waals surface area contributed by atoms with Gasteiger partial charge in [-0.05, 0) is 23.2 Å². The first-order valence-corrected chi connectivity index (χ1v) is 4.62. The molecule has 0 amide bonds. The predicted molar refractivity (Wildman–Crippen MR) is 57.0 cm³/mol. The molecular formula is C11H9ClO3. The van der Waals surface area contributed by atoms with Gasteiger partial charge in [0.1, 0.15) is 0 Å². The van der Waals surface area contributed by atoms with Gasteiger partial charge in [-0.15, -0.1) is 0 Å². The van der Waals surface area contributed by atoms with Crippen LogP contribution >= 0.6 is 11.6 Å². The molecular weight excluding hydrogens is 216 g/mol. The van der Waals surface area contributed by atoms with Crippen LogP contribution in [0.25, 0.3) is 6.08 Å². The topological polar surface area (TPSA) is 43.4 Å². The first-order chi connectivity index (χ1) is 7.09. The van der Waals surface area contributed by atoms with E-state index in [9.17, 15) is 9.59 Å². The van der Waals surface area contributed by atoms with Gasteiger partial charge in [0.2, 0.25) is 0 Å². The largest absolute Gasteiger partial charge is 0.421 e. The molecule has 0 aromatic heterocycles. The molecule has 0 radical (unpaired) electrons. The molecule has 0 fully saturated rings. The van der Waals surface area contributed by atoms with E-state index in [1.54, 1.807) is 24.3 Å². The molecule has 0 aliphatic carbocycles. The fraction of sp³-hybridized carbons (Fsp3) is 0.0909. The number of rotatable bonds is 3. The first-order valence-electron chi connectivity index (χ1n) is 4.24. The average molecular weight is 225 g/mol. The molecule has 0 heterocycles. The van der Waals surface area contributed by atoms with Crippen molar-refractivity contribution in [1.29, 1.82) is 0 Å². The highest BCUT2D eigenvalue weighted by Crippen LogP contribution is 2.10. The minimum absolute atomic E-state index is 0.171. The number of hydrogen-bond acceptors (Lipinski definition) is 3. The van der Waals surface area contributed by atoms with E-state index in [4.69, 9.17) is 11.6 Å². The molecule has 1 aromatic carbocycles. The normalized spacial score (nSPS) is 10.9. The summed E-state index contributed by atoms with van der Waals surface area (Å²) in [5, 5.41) is -0.797. The molecule has 0 aliphatic rings. The van der Waals surface area contributed by atoms with Crippen molar-refractivity contribution in [2.45, 2.75) is 6.92 Å². The second kappa shape index (κ2) is 5.32. The van der Waals surface area contributed by atoms with Gasteiger partial charge in [-0.1, -0.05) is 30.3 Å². The summed E-state index contributed by atoms with van der Waals surface area (Å²) in [4.78, 5) is 21.6. The minimum Gasteiger partial charge on any atom is -0.421 e. The molecule has 0 atom stereocenters. The lowest BCUT2D eigenvalue weighted by Gasteiger charge is -2.01. The molecule has 0 saturated heterocycles. The molecule has 15 heavy (non-hydrogen) atoms. The predicted octanol–water partition coefficient (Wildman–Crippen LogP) is 2.36. The highest BCUT2D eigenvalue weighted by atomic mass is 35.5. The third kappa shape index (κ3) is 3.95. The maximum atomic E-state index is 10.9. The van der Waals surface area contributed by atoms with Gasteiger partial charge in [-0.2, -0.15) is 0 Å². The minimum atomic E-state index is -0.797. The van der Waals surface area contributed by atoms with Gasteiger partial charge >= 0.3 is 5.97 Å². The summed E-state index contributed by atoms with van der Waals surface area (Å²) in [5.41, 5.74) is 0.739. The van der Waals surface area contributed by atoms with Crippen LogP contribution in [0.3, 0.4) is 0 Å². The number of esters is 1. The summed E-state index contributed by atoms with van der Waals surface area (Å²) in [6.07, 6.45) is 1.41. The fourth-order valence-electron chi connectivity index (χ4n) is 0.982. The smallest absolute Gasteiger partial charge is 0.308 e. The van der Waals surface area contributed by atoms with Crippen LogP contribution in [0.5, 0.6) is 0 Å². The van der Waals surface area contributed by atoms with Crippen molar-refractivity contribution in [3.63, 3.8) is 0 Å². The van der Waals surface area contributed by atoms with Gasteiger partial charge in [-0.25, -0.2) is 0 Å². The van der Waals surface area contributed by atoms with Gasteiger partial charge in [0, 0.05) is 6.92 Å². The van der Waals surface area contributed by atoms with Crippen LogP contribution in [0.2, 0.25) is 0 Å². The maximum absolute atomic E-state index is 10.9. The molecule has 0 N–H and O–H groups in total. The maximum Gasteiger partial charge on any atom is 0.308 e. The molecule has 0 unspecified atom stereocenters. The van der Waals surface area contributed by atoms with Gasteiger partial charge in [0.15, 0.2) is 5.76 Å². The van der Waals surface area contributed by atoms with E-state index in [2.05, 4.69) is 4.74 Å². The first kappa shape index (κ1) is 11.5. The third-order valence-electron chi connectivity index (χ3n) is 1.54. The quantitative estimate of drug-likeness (QED) is 0.343. The van der Waals surface area contributed by atoms with E-state index in [1.165, 1.54) is 13.0 Å². The Bertz CT molecular complexity index is 396. The van der Waals surface area contributed by atoms with Gasteiger partial charge in [-0.3, -0.25) is 9.59 Å². The van der Waals surface area contributed by atoms with E-state index in [-0.39, 0.29) is 5.76 Å². The number of benzene rings is 1. The Morgan fingerprint density at radius 1 is 1.27 bits per heavy atom. The second-order valence-corrected chi connectivity index (χ2v) is 3.13. The SMILES string of the molecule is CC(=O)O/C(=C/c1ccccc1)C(=O)Cl. The summed E-state index contributed by atoms with van der Waals surface area (Å²) in [6.45, 7) is 1.21. The third-order valence-corrected chi connectivity index (χ3v) is 1.73. The van der Waals surface area contributed by atoms with Crippen molar-refractivity contribution in [3.8, 4) is 0 Å². The fourth-order valence-corrected chi connectivity index (χ4v) is 1.07. The van der Waals surface area contributed by atoms with Gasteiger partial charge in [0.05, 0.1) is 0 Å². The van der Waals surface area contributed by atoms with Crippen LogP contribution in [0, 0.1) is 0 Å². The van der Waals surface area contributed by atoms with Crippen molar-refractivity contribution in [1.82, 2.24) is 0 Å². The van der Waals surface area contributed by atoms with E-state index in [0.717, 1.165) is 5.56 Å². The Labute approximate surface area is 92.3 Å². The molecule has 78 valence electrons. The Kier molecular flexibility index (Phi) is 4.06. The Hall–Kier alpha value is -1.61. The summed E-state index contributed by atoms with van der Waals surface area (Å²) in [5.74, 6) is -0.749. The van der Waals surface area contributed by atoms with Crippen LogP contribution in [-0.2, 0) is 14.3 Å². The van der Waals surface area contributed by atoms with Crippen molar-refractivity contribution in [2.24, 2.45) is 0 Å². The number of carbonyl (C=O) groups is 2.